The van der Waals surface area contributed by atoms with Gasteiger partial charge in [-0.2, -0.15) is 0 Å². The number of hydrogen-bond donors (Lipinski definition) is 2. The number of carboxylic acid groups (broad SMARTS) is 1. The van der Waals surface area contributed by atoms with Gasteiger partial charge in [0.15, 0.2) is 0 Å². The van der Waals surface area contributed by atoms with E-state index in [2.05, 4.69) is 49.8 Å². The number of fused-ring (bicyclic) bond motifs is 2. The second-order valence-corrected chi connectivity index (χ2v) is 8.93. The Bertz CT molecular complexity index is 1280. The molecule has 0 radical (unpaired) electrons. The molecule has 0 amide bonds. The predicted molar refractivity (Wildman–Crippen MR) is 127 cm³/mol. The Morgan fingerprint density at radius 1 is 1.10 bits per heavy atom. The van der Waals surface area contributed by atoms with E-state index in [4.69, 9.17) is 4.98 Å². The third-order valence-corrected chi connectivity index (χ3v) is 6.61. The highest BCUT2D eigenvalue weighted by Gasteiger charge is 2.32. The molecule has 0 saturated carbocycles. The van der Waals surface area contributed by atoms with E-state index >= 15 is 0 Å². The number of halogens is 1. The lowest BCUT2D eigenvalue weighted by Gasteiger charge is -2.38. The lowest BCUT2D eigenvalue weighted by molar-refractivity contribution is -0.143. The van der Waals surface area contributed by atoms with Gasteiger partial charge in [0.25, 0.3) is 0 Å². The maximum absolute atomic E-state index is 12.3. The van der Waals surface area contributed by atoms with Crippen molar-refractivity contribution in [1.29, 1.82) is 0 Å². The molecule has 1 saturated heterocycles. The van der Waals surface area contributed by atoms with Crippen LogP contribution in [0.2, 0.25) is 0 Å². The van der Waals surface area contributed by atoms with Gasteiger partial charge in [0.2, 0.25) is 0 Å². The number of H-pyrrole nitrogens is 1. The highest BCUT2D eigenvalue weighted by molar-refractivity contribution is 9.10. The van der Waals surface area contributed by atoms with E-state index in [-0.39, 0.29) is 0 Å². The summed E-state index contributed by atoms with van der Waals surface area (Å²) in [4.78, 5) is 24.6. The second-order valence-electron chi connectivity index (χ2n) is 8.01. The monoisotopic (exact) mass is 478 g/mol. The second kappa shape index (κ2) is 7.98. The Hall–Kier alpha value is -2.90. The number of aromatic nitrogens is 2. The number of nitrogens with one attached hydrogen (secondary N) is 1. The molecule has 1 atom stereocenters. The normalized spacial score (nSPS) is 16.1. The van der Waals surface area contributed by atoms with Crippen molar-refractivity contribution in [1.82, 2.24) is 14.9 Å². The van der Waals surface area contributed by atoms with Gasteiger partial charge >= 0.3 is 5.97 Å². The van der Waals surface area contributed by atoms with Gasteiger partial charge in [-0.25, -0.2) is 4.98 Å². The topological polar surface area (TPSA) is 72.5 Å². The van der Waals surface area contributed by atoms with Crippen molar-refractivity contribution in [3.05, 3.63) is 70.3 Å². The summed E-state index contributed by atoms with van der Waals surface area (Å²) in [7, 11) is 0. The molecule has 3 heterocycles. The number of carbonyl (C=O) groups is 1. The first kappa shape index (κ1) is 20.0. The average molecular weight is 479 g/mol. The molecule has 1 aliphatic rings. The van der Waals surface area contributed by atoms with Crippen LogP contribution < -0.4 is 4.90 Å². The minimum Gasteiger partial charge on any atom is -0.480 e. The van der Waals surface area contributed by atoms with Gasteiger partial charge in [-0.15, -0.1) is 0 Å². The van der Waals surface area contributed by atoms with E-state index in [0.717, 1.165) is 45.4 Å². The first-order chi connectivity index (χ1) is 15.0. The van der Waals surface area contributed by atoms with E-state index in [0.29, 0.717) is 13.1 Å². The van der Waals surface area contributed by atoms with Gasteiger partial charge < -0.3 is 15.0 Å². The first-order valence-electron chi connectivity index (χ1n) is 10.4. The number of para-hydroxylation sites is 1. The van der Waals surface area contributed by atoms with Crippen LogP contribution >= 0.6 is 15.9 Å². The number of aliphatic carboxylic acids is 1. The summed E-state index contributed by atoms with van der Waals surface area (Å²) in [6.07, 6.45) is 1.83. The number of benzene rings is 2. The van der Waals surface area contributed by atoms with Gasteiger partial charge in [0.05, 0.1) is 5.52 Å². The summed E-state index contributed by atoms with van der Waals surface area (Å²) in [5.41, 5.74) is 3.94. The van der Waals surface area contributed by atoms with Crippen molar-refractivity contribution in [3.63, 3.8) is 0 Å². The van der Waals surface area contributed by atoms with Crippen LogP contribution in [0.4, 0.5) is 5.82 Å². The van der Waals surface area contributed by atoms with Crippen molar-refractivity contribution in [3.8, 4) is 0 Å². The molecule has 31 heavy (non-hydrogen) atoms. The molecule has 1 aliphatic heterocycles. The number of nitrogens with zero attached hydrogens (tertiary/aromatic N) is 3. The van der Waals surface area contributed by atoms with Gasteiger partial charge in [0, 0.05) is 58.7 Å². The van der Waals surface area contributed by atoms with Crippen LogP contribution in [0.5, 0.6) is 0 Å². The molecule has 2 N–H and O–H groups in total. The highest BCUT2D eigenvalue weighted by Crippen LogP contribution is 2.32. The quantitative estimate of drug-likeness (QED) is 0.443. The predicted octanol–water partition coefficient (Wildman–Crippen LogP) is 4.73. The fourth-order valence-electron chi connectivity index (χ4n) is 4.53. The number of hydrogen-bond acceptors (Lipinski definition) is 4. The van der Waals surface area contributed by atoms with Crippen LogP contribution in [-0.2, 0) is 4.79 Å². The minimum absolute atomic E-state index is 0.658. The number of anilines is 1. The summed E-state index contributed by atoms with van der Waals surface area (Å²) in [5.74, 6) is 0.132. The summed E-state index contributed by atoms with van der Waals surface area (Å²) >= 11 is 3.50. The summed E-state index contributed by atoms with van der Waals surface area (Å²) in [5, 5.41) is 12.2. The molecule has 7 heteroatoms. The number of carboxylic acids is 1. The van der Waals surface area contributed by atoms with Crippen LogP contribution in [0.15, 0.2) is 59.2 Å². The van der Waals surface area contributed by atoms with Gasteiger partial charge in [-0.3, -0.25) is 9.69 Å². The fourth-order valence-corrected chi connectivity index (χ4v) is 4.89. The number of rotatable bonds is 4. The van der Waals surface area contributed by atoms with E-state index < -0.39 is 12.0 Å². The van der Waals surface area contributed by atoms with Gasteiger partial charge in [0.1, 0.15) is 11.9 Å². The van der Waals surface area contributed by atoms with Crippen molar-refractivity contribution in [2.45, 2.75) is 13.0 Å². The molecule has 6 nitrogen and oxygen atoms in total. The zero-order chi connectivity index (χ0) is 21.5. The Labute approximate surface area is 188 Å². The summed E-state index contributed by atoms with van der Waals surface area (Å²) < 4.78 is 0.938. The zero-order valence-corrected chi connectivity index (χ0v) is 18.8. The largest absolute Gasteiger partial charge is 0.480 e. The Kier molecular flexibility index (Phi) is 5.16. The number of aryl methyl sites for hydroxylation is 1. The maximum atomic E-state index is 12.3. The molecule has 2 aromatic carbocycles. The van der Waals surface area contributed by atoms with Crippen molar-refractivity contribution >= 4 is 49.5 Å². The molecular formula is C24H23BrN4O2. The smallest absolute Gasteiger partial charge is 0.325 e. The van der Waals surface area contributed by atoms with E-state index in [1.54, 1.807) is 0 Å². The third-order valence-electron chi connectivity index (χ3n) is 6.12. The average Bonchev–Trinajstić information content (AvgIpc) is 3.17. The molecule has 4 aromatic rings. The van der Waals surface area contributed by atoms with Gasteiger partial charge in [-0.05, 0) is 42.8 Å². The molecule has 0 bridgehead atoms. The van der Waals surface area contributed by atoms with Crippen LogP contribution in [0.1, 0.15) is 17.2 Å². The standard InChI is InChI=1S/C24H23BrN4O2/c1-15-12-22(27-21-5-3-2-4-17(15)21)28-8-10-29(11-9-28)23(24(30)31)19-14-26-20-7-6-16(25)13-18(19)20/h2-7,12-14,23,26H,8-11H2,1H3,(H,30,31)/t23-/m0/s1. The molecule has 2 aromatic heterocycles. The zero-order valence-electron chi connectivity index (χ0n) is 17.2. The number of pyridine rings is 1. The van der Waals surface area contributed by atoms with Crippen molar-refractivity contribution in [2.24, 2.45) is 0 Å². The lowest BCUT2D eigenvalue weighted by Crippen LogP contribution is -2.49. The Morgan fingerprint density at radius 3 is 2.65 bits per heavy atom. The Balaban J connectivity index is 1.39. The fraction of sp³-hybridized carbons (Fsp3) is 0.250. The van der Waals surface area contributed by atoms with E-state index in [1.807, 2.05) is 42.6 Å². The van der Waals surface area contributed by atoms with Crippen molar-refractivity contribution < 1.29 is 9.90 Å². The van der Waals surface area contributed by atoms with Crippen LogP contribution in [0.3, 0.4) is 0 Å². The number of piperazine rings is 1. The maximum Gasteiger partial charge on any atom is 0.325 e. The molecule has 158 valence electrons. The minimum atomic E-state index is -0.825. The number of aromatic amines is 1. The first-order valence-corrected chi connectivity index (χ1v) is 11.2. The SMILES string of the molecule is Cc1cc(N2CCN([C@H](C(=O)O)c3c[nH]c4ccc(Br)cc34)CC2)nc2ccccc12. The Morgan fingerprint density at radius 2 is 1.87 bits per heavy atom. The highest BCUT2D eigenvalue weighted by atomic mass is 79.9. The molecule has 0 unspecified atom stereocenters. The van der Waals surface area contributed by atoms with E-state index in [9.17, 15) is 9.90 Å². The van der Waals surface area contributed by atoms with Crippen LogP contribution in [-0.4, -0.2) is 52.1 Å². The van der Waals surface area contributed by atoms with E-state index in [1.165, 1.54) is 10.9 Å². The lowest BCUT2D eigenvalue weighted by atomic mass is 10.0. The third kappa shape index (κ3) is 3.68. The van der Waals surface area contributed by atoms with Crippen molar-refractivity contribution in [2.75, 3.05) is 31.1 Å². The molecule has 0 aliphatic carbocycles. The van der Waals surface area contributed by atoms with Crippen LogP contribution in [0, 0.1) is 6.92 Å². The summed E-state index contributed by atoms with van der Waals surface area (Å²) in [6, 6.07) is 15.5. The molecular weight excluding hydrogens is 456 g/mol. The van der Waals surface area contributed by atoms with Crippen LogP contribution in [0.25, 0.3) is 21.8 Å². The molecule has 1 fully saturated rings. The molecule has 0 spiro atoms. The van der Waals surface area contributed by atoms with Gasteiger partial charge in [-0.1, -0.05) is 34.1 Å². The molecule has 5 rings (SSSR count). The summed E-state index contributed by atoms with van der Waals surface area (Å²) in [6.45, 7) is 4.90.